The van der Waals surface area contributed by atoms with Crippen LogP contribution in [0.25, 0.3) is 6.08 Å². The number of rotatable bonds is 7. The van der Waals surface area contributed by atoms with Crippen molar-refractivity contribution in [1.82, 2.24) is 0 Å². The van der Waals surface area contributed by atoms with Crippen LogP contribution in [-0.4, -0.2) is 33.6 Å². The molecule has 2 rings (SSSR count). The van der Waals surface area contributed by atoms with Gasteiger partial charge in [-0.25, -0.2) is 0 Å². The predicted octanol–water partition coefficient (Wildman–Crippen LogP) is 4.26. The van der Waals surface area contributed by atoms with Gasteiger partial charge in [0.2, 0.25) is 11.7 Å². The monoisotopic (exact) mass is 397 g/mol. The molecule has 2 aromatic carbocycles. The number of nitrogens with one attached hydrogen (secondary N) is 1. The summed E-state index contributed by atoms with van der Waals surface area (Å²) in [5.41, 5.74) is 0.938. The summed E-state index contributed by atoms with van der Waals surface area (Å²) < 4.78 is 55.9. The summed E-state index contributed by atoms with van der Waals surface area (Å²) in [6, 6.07) is 8.12. The van der Waals surface area contributed by atoms with Crippen LogP contribution in [-0.2, 0) is 4.79 Å². The number of halogens is 3. The molecule has 0 atom stereocenters. The first-order chi connectivity index (χ1) is 13.3. The van der Waals surface area contributed by atoms with E-state index in [2.05, 4.69) is 10.1 Å². The molecule has 28 heavy (non-hydrogen) atoms. The fourth-order valence-electron chi connectivity index (χ4n) is 2.29. The van der Waals surface area contributed by atoms with E-state index in [1.54, 1.807) is 12.1 Å². The van der Waals surface area contributed by atoms with Gasteiger partial charge in [-0.15, -0.1) is 13.2 Å². The van der Waals surface area contributed by atoms with Crippen molar-refractivity contribution in [1.29, 1.82) is 0 Å². The lowest BCUT2D eigenvalue weighted by Crippen LogP contribution is -2.17. The van der Waals surface area contributed by atoms with E-state index in [1.807, 2.05) is 0 Å². The van der Waals surface area contributed by atoms with Crippen LogP contribution < -0.4 is 24.3 Å². The fourth-order valence-corrected chi connectivity index (χ4v) is 2.29. The topological polar surface area (TPSA) is 66.0 Å². The zero-order chi connectivity index (χ0) is 20.7. The molecule has 0 radical (unpaired) electrons. The summed E-state index contributed by atoms with van der Waals surface area (Å²) >= 11 is 0. The molecule has 0 spiro atoms. The third kappa shape index (κ3) is 5.83. The lowest BCUT2D eigenvalue weighted by Gasteiger charge is -2.12. The van der Waals surface area contributed by atoms with E-state index in [9.17, 15) is 18.0 Å². The molecule has 1 N–H and O–H groups in total. The molecule has 0 saturated heterocycles. The maximum Gasteiger partial charge on any atom is 0.573 e. The van der Waals surface area contributed by atoms with E-state index >= 15 is 0 Å². The van der Waals surface area contributed by atoms with Gasteiger partial charge in [0, 0.05) is 11.8 Å². The maximum absolute atomic E-state index is 12.1. The molecule has 0 fully saturated rings. The van der Waals surface area contributed by atoms with Crippen molar-refractivity contribution in [2.75, 3.05) is 26.6 Å². The number of benzene rings is 2. The number of carbonyl (C=O) groups excluding carboxylic acids is 1. The Balaban J connectivity index is 2.07. The Morgan fingerprint density at radius 1 is 0.964 bits per heavy atom. The first-order valence-corrected chi connectivity index (χ1v) is 7.90. The number of hydrogen-bond donors (Lipinski definition) is 1. The van der Waals surface area contributed by atoms with Gasteiger partial charge in [0.15, 0.2) is 11.5 Å². The molecule has 0 aliphatic carbocycles. The minimum atomic E-state index is -4.77. The van der Waals surface area contributed by atoms with Gasteiger partial charge >= 0.3 is 6.36 Å². The normalized spacial score (nSPS) is 11.2. The first kappa shape index (κ1) is 20.9. The van der Waals surface area contributed by atoms with Gasteiger partial charge in [-0.2, -0.15) is 0 Å². The minimum absolute atomic E-state index is 0.314. The molecule has 6 nitrogen and oxygen atoms in total. The lowest BCUT2D eigenvalue weighted by molar-refractivity contribution is -0.274. The van der Waals surface area contributed by atoms with Crippen LogP contribution in [0, 0.1) is 0 Å². The van der Waals surface area contributed by atoms with Crippen molar-refractivity contribution in [2.45, 2.75) is 6.36 Å². The Morgan fingerprint density at radius 3 is 2.00 bits per heavy atom. The van der Waals surface area contributed by atoms with Crippen molar-refractivity contribution in [2.24, 2.45) is 0 Å². The van der Waals surface area contributed by atoms with Crippen molar-refractivity contribution in [3.05, 3.63) is 48.0 Å². The van der Waals surface area contributed by atoms with Crippen LogP contribution in [0.5, 0.6) is 23.0 Å². The minimum Gasteiger partial charge on any atom is -0.493 e. The Morgan fingerprint density at radius 2 is 1.54 bits per heavy atom. The third-order valence-corrected chi connectivity index (χ3v) is 3.47. The summed E-state index contributed by atoms with van der Waals surface area (Å²) in [7, 11) is 4.43. The largest absolute Gasteiger partial charge is 0.573 e. The van der Waals surface area contributed by atoms with Gasteiger partial charge in [0.25, 0.3) is 0 Å². The van der Waals surface area contributed by atoms with E-state index in [0.717, 1.165) is 12.1 Å². The molecule has 1 amide bonds. The molecular weight excluding hydrogens is 379 g/mol. The molecule has 0 saturated carbocycles. The van der Waals surface area contributed by atoms with Crippen molar-refractivity contribution in [3.8, 4) is 23.0 Å². The number of hydrogen-bond acceptors (Lipinski definition) is 5. The van der Waals surface area contributed by atoms with Crippen LogP contribution >= 0.6 is 0 Å². The zero-order valence-electron chi connectivity index (χ0n) is 15.3. The number of ether oxygens (including phenoxy) is 4. The van der Waals surface area contributed by atoms with Crippen LogP contribution in [0.4, 0.5) is 18.9 Å². The van der Waals surface area contributed by atoms with Crippen molar-refractivity contribution in [3.63, 3.8) is 0 Å². The highest BCUT2D eigenvalue weighted by atomic mass is 19.4. The van der Waals surface area contributed by atoms with E-state index in [-0.39, 0.29) is 5.75 Å². The summed E-state index contributed by atoms with van der Waals surface area (Å²) in [6.45, 7) is 0. The second-order valence-electron chi connectivity index (χ2n) is 5.35. The Kier molecular flexibility index (Phi) is 6.75. The van der Waals surface area contributed by atoms with Crippen LogP contribution in [0.15, 0.2) is 42.5 Å². The second kappa shape index (κ2) is 9.03. The SMILES string of the molecule is COc1cc(C=CC(=O)Nc2ccc(OC(F)(F)F)cc2)cc(OC)c1OC. The van der Waals surface area contributed by atoms with Crippen molar-refractivity contribution >= 4 is 17.7 Å². The summed E-state index contributed by atoms with van der Waals surface area (Å²) in [4.78, 5) is 12.0. The maximum atomic E-state index is 12.1. The molecule has 0 heterocycles. The van der Waals surface area contributed by atoms with Crippen LogP contribution in [0.1, 0.15) is 5.56 Å². The highest BCUT2D eigenvalue weighted by Gasteiger charge is 2.30. The van der Waals surface area contributed by atoms with Gasteiger partial charge < -0.3 is 24.3 Å². The van der Waals surface area contributed by atoms with E-state index in [4.69, 9.17) is 14.2 Å². The first-order valence-electron chi connectivity index (χ1n) is 7.90. The van der Waals surface area contributed by atoms with Gasteiger partial charge in [-0.1, -0.05) is 0 Å². The summed E-state index contributed by atoms with van der Waals surface area (Å²) in [5, 5.41) is 2.53. The van der Waals surface area contributed by atoms with E-state index in [0.29, 0.717) is 28.5 Å². The van der Waals surface area contributed by atoms with Gasteiger partial charge in [-0.05, 0) is 48.0 Å². The van der Waals surface area contributed by atoms with Crippen LogP contribution in [0.2, 0.25) is 0 Å². The number of alkyl halides is 3. The highest BCUT2D eigenvalue weighted by Crippen LogP contribution is 2.38. The number of anilines is 1. The third-order valence-electron chi connectivity index (χ3n) is 3.47. The zero-order valence-corrected chi connectivity index (χ0v) is 15.3. The highest BCUT2D eigenvalue weighted by molar-refractivity contribution is 6.02. The molecule has 150 valence electrons. The number of methoxy groups -OCH3 is 3. The molecule has 0 aliphatic rings. The average Bonchev–Trinajstić information content (AvgIpc) is 2.65. The smallest absolute Gasteiger partial charge is 0.493 e. The Labute approximate surface area is 159 Å². The number of carbonyl (C=O) groups is 1. The predicted molar refractivity (Wildman–Crippen MR) is 96.9 cm³/mol. The summed E-state index contributed by atoms with van der Waals surface area (Å²) in [5.74, 6) is 0.439. The lowest BCUT2D eigenvalue weighted by atomic mass is 10.1. The van der Waals surface area contributed by atoms with Crippen molar-refractivity contribution < 1.29 is 36.9 Å². The molecule has 0 aliphatic heterocycles. The van der Waals surface area contributed by atoms with Crippen LogP contribution in [0.3, 0.4) is 0 Å². The molecule has 0 bridgehead atoms. The van der Waals surface area contributed by atoms with Gasteiger partial charge in [0.1, 0.15) is 5.75 Å². The van der Waals surface area contributed by atoms with Gasteiger partial charge in [0.05, 0.1) is 21.3 Å². The quantitative estimate of drug-likeness (QED) is 0.707. The molecular formula is C19H18F3NO5. The number of amides is 1. The Bertz CT molecular complexity index is 823. The molecule has 0 unspecified atom stereocenters. The second-order valence-corrected chi connectivity index (χ2v) is 5.35. The standard InChI is InChI=1S/C19H18F3NO5/c1-25-15-10-12(11-16(26-2)18(15)27-3)4-9-17(24)23-13-5-7-14(8-6-13)28-19(20,21)22/h4-11H,1-3H3,(H,23,24). The Hall–Kier alpha value is -3.36. The summed E-state index contributed by atoms with van der Waals surface area (Å²) in [6.07, 6.45) is -1.98. The molecule has 9 heteroatoms. The molecule has 0 aromatic heterocycles. The van der Waals surface area contributed by atoms with Gasteiger partial charge in [-0.3, -0.25) is 4.79 Å². The average molecular weight is 397 g/mol. The fraction of sp³-hybridized carbons (Fsp3) is 0.211. The van der Waals surface area contributed by atoms with E-state index in [1.165, 1.54) is 45.6 Å². The van der Waals surface area contributed by atoms with E-state index < -0.39 is 12.3 Å². The molecule has 2 aromatic rings.